The van der Waals surface area contributed by atoms with Gasteiger partial charge >= 0.3 is 0 Å². The molecule has 16 heavy (non-hydrogen) atoms. The van der Waals surface area contributed by atoms with Gasteiger partial charge in [0.25, 0.3) is 0 Å². The van der Waals surface area contributed by atoms with Gasteiger partial charge in [-0.25, -0.2) is 0 Å². The Balaban J connectivity index is 2.04. The summed E-state index contributed by atoms with van der Waals surface area (Å²) in [6, 6.07) is 9.09. The van der Waals surface area contributed by atoms with E-state index in [0.717, 1.165) is 12.8 Å². The van der Waals surface area contributed by atoms with Crippen LogP contribution in [-0.2, 0) is 9.53 Å². The van der Waals surface area contributed by atoms with Gasteiger partial charge in [-0.1, -0.05) is 30.3 Å². The van der Waals surface area contributed by atoms with Crippen LogP contribution in [-0.4, -0.2) is 24.1 Å². The van der Waals surface area contributed by atoms with Gasteiger partial charge in [0.15, 0.2) is 5.78 Å². The number of ketones is 1. The first kappa shape index (κ1) is 11.3. The molecule has 1 fully saturated rings. The largest absolute Gasteiger partial charge is 0.381 e. The van der Waals surface area contributed by atoms with E-state index in [9.17, 15) is 9.90 Å². The summed E-state index contributed by atoms with van der Waals surface area (Å²) in [4.78, 5) is 12.0. The molecular weight excluding hydrogens is 204 g/mol. The van der Waals surface area contributed by atoms with E-state index in [-0.39, 0.29) is 11.7 Å². The first-order valence-electron chi connectivity index (χ1n) is 5.63. The highest BCUT2D eigenvalue weighted by Crippen LogP contribution is 2.23. The third-order valence-electron chi connectivity index (χ3n) is 3.01. The van der Waals surface area contributed by atoms with Crippen LogP contribution < -0.4 is 0 Å². The van der Waals surface area contributed by atoms with Crippen molar-refractivity contribution in [1.29, 1.82) is 0 Å². The number of benzene rings is 1. The van der Waals surface area contributed by atoms with Crippen molar-refractivity contribution in [3.05, 3.63) is 35.9 Å². The van der Waals surface area contributed by atoms with Gasteiger partial charge in [0.2, 0.25) is 0 Å². The Labute approximate surface area is 95.0 Å². The fourth-order valence-electron chi connectivity index (χ4n) is 2.00. The number of rotatable bonds is 3. The highest BCUT2D eigenvalue weighted by atomic mass is 16.5. The summed E-state index contributed by atoms with van der Waals surface area (Å²) in [5, 5.41) is 9.95. The molecule has 1 aliphatic heterocycles. The molecule has 0 aliphatic carbocycles. The maximum absolute atomic E-state index is 12.0. The lowest BCUT2D eigenvalue weighted by atomic mass is 9.89. The van der Waals surface area contributed by atoms with Gasteiger partial charge in [-0.3, -0.25) is 4.79 Å². The molecule has 1 atom stereocenters. The molecule has 1 unspecified atom stereocenters. The van der Waals surface area contributed by atoms with Gasteiger partial charge < -0.3 is 9.84 Å². The van der Waals surface area contributed by atoms with E-state index >= 15 is 0 Å². The van der Waals surface area contributed by atoms with Crippen molar-refractivity contribution in [2.24, 2.45) is 5.92 Å². The van der Waals surface area contributed by atoms with Crippen molar-refractivity contribution >= 4 is 5.78 Å². The summed E-state index contributed by atoms with van der Waals surface area (Å²) in [5.41, 5.74) is 0.680. The van der Waals surface area contributed by atoms with Crippen LogP contribution in [0.5, 0.6) is 0 Å². The van der Waals surface area contributed by atoms with Gasteiger partial charge in [-0.05, 0) is 18.4 Å². The van der Waals surface area contributed by atoms with E-state index in [1.54, 1.807) is 12.1 Å². The minimum Gasteiger partial charge on any atom is -0.381 e. The molecule has 86 valence electrons. The normalized spacial score (nSPS) is 19.3. The van der Waals surface area contributed by atoms with Gasteiger partial charge in [-0.2, -0.15) is 0 Å². The Morgan fingerprint density at radius 1 is 1.25 bits per heavy atom. The van der Waals surface area contributed by atoms with Crippen LogP contribution in [0.3, 0.4) is 0 Å². The zero-order valence-electron chi connectivity index (χ0n) is 9.13. The smallest absolute Gasteiger partial charge is 0.169 e. The molecule has 1 N–H and O–H groups in total. The number of hydrogen-bond donors (Lipinski definition) is 1. The average molecular weight is 220 g/mol. The van der Waals surface area contributed by atoms with Crippen LogP contribution in [0.1, 0.15) is 24.5 Å². The number of ether oxygens (including phenoxy) is 1. The second-order valence-electron chi connectivity index (χ2n) is 4.10. The lowest BCUT2D eigenvalue weighted by Crippen LogP contribution is -2.27. The molecule has 3 nitrogen and oxygen atoms in total. The maximum atomic E-state index is 12.0. The summed E-state index contributed by atoms with van der Waals surface area (Å²) in [6.07, 6.45) is 0.468. The lowest BCUT2D eigenvalue weighted by Gasteiger charge is -2.23. The zero-order chi connectivity index (χ0) is 11.4. The summed E-state index contributed by atoms with van der Waals surface area (Å²) in [6.45, 7) is 1.25. The van der Waals surface area contributed by atoms with E-state index in [1.807, 2.05) is 18.2 Å². The Hall–Kier alpha value is -1.19. The molecule has 0 saturated carbocycles. The van der Waals surface area contributed by atoms with Gasteiger partial charge in [-0.15, -0.1) is 0 Å². The molecule has 1 aliphatic rings. The second kappa shape index (κ2) is 5.23. The van der Waals surface area contributed by atoms with Crippen LogP contribution in [0.25, 0.3) is 0 Å². The molecule has 3 heteroatoms. The number of carbonyl (C=O) groups is 1. The maximum Gasteiger partial charge on any atom is 0.169 e. The lowest BCUT2D eigenvalue weighted by molar-refractivity contribution is -0.134. The third-order valence-corrected chi connectivity index (χ3v) is 3.01. The number of carbonyl (C=O) groups excluding carboxylic acids is 1. The topological polar surface area (TPSA) is 46.5 Å². The Morgan fingerprint density at radius 2 is 1.88 bits per heavy atom. The van der Waals surface area contributed by atoms with E-state index < -0.39 is 6.10 Å². The van der Waals surface area contributed by atoms with E-state index in [0.29, 0.717) is 18.8 Å². The van der Waals surface area contributed by atoms with Crippen molar-refractivity contribution in [2.45, 2.75) is 18.9 Å². The predicted octanol–water partition coefficient (Wildman–Crippen LogP) is 1.72. The molecule has 1 aromatic carbocycles. The minimum atomic E-state index is -0.982. The van der Waals surface area contributed by atoms with Crippen LogP contribution in [0.4, 0.5) is 0 Å². The molecule has 0 radical (unpaired) electrons. The third kappa shape index (κ3) is 2.49. The van der Waals surface area contributed by atoms with Crippen LogP contribution in [0.15, 0.2) is 30.3 Å². The molecule has 2 rings (SSSR count). The fourth-order valence-corrected chi connectivity index (χ4v) is 2.00. The van der Waals surface area contributed by atoms with Gasteiger partial charge in [0.05, 0.1) is 0 Å². The van der Waals surface area contributed by atoms with Crippen molar-refractivity contribution in [3.8, 4) is 0 Å². The number of aliphatic hydroxyl groups excluding tert-OH is 1. The predicted molar refractivity (Wildman–Crippen MR) is 60.0 cm³/mol. The van der Waals surface area contributed by atoms with Crippen LogP contribution in [0.2, 0.25) is 0 Å². The van der Waals surface area contributed by atoms with Gasteiger partial charge in [0.1, 0.15) is 6.10 Å². The highest BCUT2D eigenvalue weighted by Gasteiger charge is 2.27. The molecular formula is C13H16O3. The molecule has 0 bridgehead atoms. The van der Waals surface area contributed by atoms with E-state index in [4.69, 9.17) is 4.74 Å². The van der Waals surface area contributed by atoms with Crippen molar-refractivity contribution in [3.63, 3.8) is 0 Å². The summed E-state index contributed by atoms with van der Waals surface area (Å²) >= 11 is 0. The standard InChI is InChI=1S/C13H16O3/c14-12(10-4-2-1-3-5-10)13(15)11-6-8-16-9-7-11/h1-5,11-12,14H,6-9H2. The molecule has 1 aromatic rings. The Morgan fingerprint density at radius 3 is 2.50 bits per heavy atom. The quantitative estimate of drug-likeness (QED) is 0.843. The molecule has 1 saturated heterocycles. The Kier molecular flexibility index (Phi) is 3.70. The molecule has 0 aromatic heterocycles. The summed E-state index contributed by atoms with van der Waals surface area (Å²) in [7, 11) is 0. The zero-order valence-corrected chi connectivity index (χ0v) is 9.13. The van der Waals surface area contributed by atoms with Gasteiger partial charge in [0, 0.05) is 19.1 Å². The van der Waals surface area contributed by atoms with E-state index in [1.165, 1.54) is 0 Å². The minimum absolute atomic E-state index is 0.0519. The Bertz CT molecular complexity index is 341. The SMILES string of the molecule is O=C(C1CCOCC1)C(O)c1ccccc1. The van der Waals surface area contributed by atoms with Crippen molar-refractivity contribution in [1.82, 2.24) is 0 Å². The molecule has 1 heterocycles. The van der Waals surface area contributed by atoms with Crippen molar-refractivity contribution < 1.29 is 14.6 Å². The highest BCUT2D eigenvalue weighted by molar-refractivity contribution is 5.86. The number of Topliss-reactive ketones (excluding diaryl/α,β-unsaturated/α-hetero) is 1. The van der Waals surface area contributed by atoms with Crippen molar-refractivity contribution in [2.75, 3.05) is 13.2 Å². The van der Waals surface area contributed by atoms with E-state index in [2.05, 4.69) is 0 Å². The first-order chi connectivity index (χ1) is 7.79. The summed E-state index contributed by atoms with van der Waals surface area (Å²) < 4.78 is 5.20. The fraction of sp³-hybridized carbons (Fsp3) is 0.462. The number of aliphatic hydroxyl groups is 1. The first-order valence-corrected chi connectivity index (χ1v) is 5.63. The second-order valence-corrected chi connectivity index (χ2v) is 4.10. The monoisotopic (exact) mass is 220 g/mol. The molecule has 0 amide bonds. The molecule has 0 spiro atoms. The number of hydrogen-bond acceptors (Lipinski definition) is 3. The van der Waals surface area contributed by atoms with Crippen LogP contribution in [0, 0.1) is 5.92 Å². The average Bonchev–Trinajstić information content (AvgIpc) is 2.39. The summed E-state index contributed by atoms with van der Waals surface area (Å²) in [5.74, 6) is -0.126. The van der Waals surface area contributed by atoms with Crippen LogP contribution >= 0.6 is 0 Å².